The van der Waals surface area contributed by atoms with Gasteiger partial charge in [-0.1, -0.05) is 12.1 Å². The SMILES string of the molecule is Cc1c(C(=O)Nc2cccc(F)c2)sc2cccc(F)c12. The Morgan fingerprint density at radius 3 is 2.62 bits per heavy atom. The quantitative estimate of drug-likeness (QED) is 0.728. The largest absolute Gasteiger partial charge is 0.321 e. The first-order valence-electron chi connectivity index (χ1n) is 6.31. The number of benzene rings is 2. The molecular weight excluding hydrogens is 292 g/mol. The van der Waals surface area contributed by atoms with E-state index in [-0.39, 0.29) is 11.7 Å². The maximum Gasteiger partial charge on any atom is 0.266 e. The van der Waals surface area contributed by atoms with E-state index in [1.54, 1.807) is 25.1 Å². The molecule has 1 heterocycles. The molecule has 0 fully saturated rings. The second-order valence-corrected chi connectivity index (χ2v) is 5.69. The van der Waals surface area contributed by atoms with Gasteiger partial charge in [-0.2, -0.15) is 0 Å². The Morgan fingerprint density at radius 2 is 1.90 bits per heavy atom. The van der Waals surface area contributed by atoms with Gasteiger partial charge in [-0.15, -0.1) is 11.3 Å². The van der Waals surface area contributed by atoms with Crippen LogP contribution >= 0.6 is 11.3 Å². The Labute approximate surface area is 124 Å². The second-order valence-electron chi connectivity index (χ2n) is 4.63. The summed E-state index contributed by atoms with van der Waals surface area (Å²) in [6.45, 7) is 1.71. The van der Waals surface area contributed by atoms with Crippen LogP contribution in [0.25, 0.3) is 10.1 Å². The Hall–Kier alpha value is -2.27. The average Bonchev–Trinajstić information content (AvgIpc) is 2.77. The van der Waals surface area contributed by atoms with Crippen molar-refractivity contribution in [1.29, 1.82) is 0 Å². The minimum Gasteiger partial charge on any atom is -0.321 e. The summed E-state index contributed by atoms with van der Waals surface area (Å²) in [6.07, 6.45) is 0. The Balaban J connectivity index is 1.99. The lowest BCUT2D eigenvalue weighted by Crippen LogP contribution is -2.11. The van der Waals surface area contributed by atoms with Gasteiger partial charge in [0.25, 0.3) is 5.91 Å². The highest BCUT2D eigenvalue weighted by atomic mass is 32.1. The fourth-order valence-electron chi connectivity index (χ4n) is 2.22. The molecule has 1 amide bonds. The van der Waals surface area contributed by atoms with E-state index in [4.69, 9.17) is 0 Å². The van der Waals surface area contributed by atoms with Crippen molar-refractivity contribution in [3.8, 4) is 0 Å². The van der Waals surface area contributed by atoms with Crippen LogP contribution in [-0.2, 0) is 0 Å². The second kappa shape index (κ2) is 5.26. The van der Waals surface area contributed by atoms with Crippen LogP contribution in [0.2, 0.25) is 0 Å². The predicted molar refractivity (Wildman–Crippen MR) is 80.9 cm³/mol. The summed E-state index contributed by atoms with van der Waals surface area (Å²) < 4.78 is 27.7. The number of hydrogen-bond donors (Lipinski definition) is 1. The van der Waals surface area contributed by atoms with Gasteiger partial charge in [-0.25, -0.2) is 8.78 Å². The van der Waals surface area contributed by atoms with Crippen LogP contribution in [0.4, 0.5) is 14.5 Å². The van der Waals surface area contributed by atoms with Crippen LogP contribution in [0.15, 0.2) is 42.5 Å². The fraction of sp³-hybridized carbons (Fsp3) is 0.0625. The average molecular weight is 303 g/mol. The van der Waals surface area contributed by atoms with Crippen LogP contribution in [-0.4, -0.2) is 5.91 Å². The summed E-state index contributed by atoms with van der Waals surface area (Å²) in [7, 11) is 0. The summed E-state index contributed by atoms with van der Waals surface area (Å²) >= 11 is 1.22. The molecule has 0 saturated heterocycles. The molecule has 2 aromatic carbocycles. The van der Waals surface area contributed by atoms with E-state index in [0.717, 1.165) is 4.70 Å². The van der Waals surface area contributed by atoms with Gasteiger partial charge in [0.15, 0.2) is 0 Å². The third-order valence-corrected chi connectivity index (χ3v) is 4.45. The fourth-order valence-corrected chi connectivity index (χ4v) is 3.34. The zero-order valence-corrected chi connectivity index (χ0v) is 11.9. The van der Waals surface area contributed by atoms with Crippen LogP contribution in [0.1, 0.15) is 15.2 Å². The standard InChI is InChI=1S/C16H11F2NOS/c1-9-14-12(18)6-3-7-13(14)21-15(9)16(20)19-11-5-2-4-10(17)8-11/h2-8H,1H3,(H,19,20). The van der Waals surface area contributed by atoms with Crippen molar-refractivity contribution < 1.29 is 13.6 Å². The van der Waals surface area contributed by atoms with Gasteiger partial charge in [-0.05, 0) is 42.8 Å². The van der Waals surface area contributed by atoms with Crippen molar-refractivity contribution in [2.45, 2.75) is 6.92 Å². The molecule has 0 aliphatic rings. The molecule has 0 bridgehead atoms. The van der Waals surface area contributed by atoms with Crippen molar-refractivity contribution in [3.63, 3.8) is 0 Å². The highest BCUT2D eigenvalue weighted by Crippen LogP contribution is 2.33. The maximum absolute atomic E-state index is 13.8. The maximum atomic E-state index is 13.8. The van der Waals surface area contributed by atoms with Crippen molar-refractivity contribution in [3.05, 3.63) is 64.5 Å². The normalized spacial score (nSPS) is 10.8. The molecule has 21 heavy (non-hydrogen) atoms. The molecule has 0 saturated carbocycles. The summed E-state index contributed by atoms with van der Waals surface area (Å²) in [4.78, 5) is 12.7. The number of amides is 1. The van der Waals surface area contributed by atoms with Crippen molar-refractivity contribution in [1.82, 2.24) is 0 Å². The Bertz CT molecular complexity index is 841. The van der Waals surface area contributed by atoms with Gasteiger partial charge in [0.2, 0.25) is 0 Å². The van der Waals surface area contributed by atoms with E-state index in [9.17, 15) is 13.6 Å². The van der Waals surface area contributed by atoms with E-state index in [2.05, 4.69) is 5.32 Å². The molecule has 0 unspecified atom stereocenters. The molecule has 0 spiro atoms. The van der Waals surface area contributed by atoms with Gasteiger partial charge in [0, 0.05) is 15.8 Å². The van der Waals surface area contributed by atoms with E-state index in [1.807, 2.05) is 0 Å². The van der Waals surface area contributed by atoms with Crippen LogP contribution < -0.4 is 5.32 Å². The number of fused-ring (bicyclic) bond motifs is 1. The lowest BCUT2D eigenvalue weighted by molar-refractivity contribution is 0.103. The van der Waals surface area contributed by atoms with Crippen LogP contribution in [0.5, 0.6) is 0 Å². The minimum absolute atomic E-state index is 0.342. The van der Waals surface area contributed by atoms with Gasteiger partial charge < -0.3 is 5.32 Å². The smallest absolute Gasteiger partial charge is 0.266 e. The third kappa shape index (κ3) is 2.52. The predicted octanol–water partition coefficient (Wildman–Crippen LogP) is 4.74. The van der Waals surface area contributed by atoms with Crippen molar-refractivity contribution >= 4 is 33.0 Å². The van der Waals surface area contributed by atoms with E-state index in [1.165, 1.54) is 35.6 Å². The lowest BCUT2D eigenvalue weighted by Gasteiger charge is -2.04. The molecule has 0 aliphatic heterocycles. The molecule has 0 atom stereocenters. The number of carbonyl (C=O) groups excluding carboxylic acids is 1. The van der Waals surface area contributed by atoms with Crippen LogP contribution in [0, 0.1) is 18.6 Å². The number of nitrogens with one attached hydrogen (secondary N) is 1. The zero-order chi connectivity index (χ0) is 15.0. The van der Waals surface area contributed by atoms with Gasteiger partial charge in [-0.3, -0.25) is 4.79 Å². The molecule has 0 aliphatic carbocycles. The third-order valence-electron chi connectivity index (χ3n) is 3.19. The van der Waals surface area contributed by atoms with Gasteiger partial charge in [0.1, 0.15) is 11.6 Å². The van der Waals surface area contributed by atoms with E-state index >= 15 is 0 Å². The number of aryl methyl sites for hydroxylation is 1. The van der Waals surface area contributed by atoms with Gasteiger partial charge >= 0.3 is 0 Å². The Kier molecular flexibility index (Phi) is 3.43. The molecule has 5 heteroatoms. The first kappa shape index (κ1) is 13.7. The summed E-state index contributed by atoms with van der Waals surface area (Å²) in [5, 5.41) is 3.09. The minimum atomic E-state index is -0.424. The van der Waals surface area contributed by atoms with Gasteiger partial charge in [0.05, 0.1) is 4.88 Å². The van der Waals surface area contributed by atoms with Crippen molar-refractivity contribution in [2.24, 2.45) is 0 Å². The first-order valence-corrected chi connectivity index (χ1v) is 7.12. The molecule has 3 rings (SSSR count). The number of rotatable bonds is 2. The topological polar surface area (TPSA) is 29.1 Å². The summed E-state index contributed by atoms with van der Waals surface area (Å²) in [5.74, 6) is -1.13. The summed E-state index contributed by atoms with van der Waals surface area (Å²) in [6, 6.07) is 10.4. The molecule has 106 valence electrons. The lowest BCUT2D eigenvalue weighted by atomic mass is 10.1. The molecule has 1 N–H and O–H groups in total. The molecule has 0 radical (unpaired) electrons. The molecule has 2 nitrogen and oxygen atoms in total. The molecule has 1 aromatic heterocycles. The monoisotopic (exact) mass is 303 g/mol. The Morgan fingerprint density at radius 1 is 1.14 bits per heavy atom. The molecule has 3 aromatic rings. The number of carbonyl (C=O) groups is 1. The number of hydrogen-bond acceptors (Lipinski definition) is 2. The number of halogens is 2. The van der Waals surface area contributed by atoms with Crippen molar-refractivity contribution in [2.75, 3.05) is 5.32 Å². The zero-order valence-electron chi connectivity index (χ0n) is 11.1. The van der Waals surface area contributed by atoms with E-state index in [0.29, 0.717) is 21.5 Å². The number of anilines is 1. The number of thiophene rings is 1. The molecular formula is C16H11F2NOS. The highest BCUT2D eigenvalue weighted by Gasteiger charge is 2.17. The van der Waals surface area contributed by atoms with Crippen LogP contribution in [0.3, 0.4) is 0 Å². The highest BCUT2D eigenvalue weighted by molar-refractivity contribution is 7.21. The summed E-state index contributed by atoms with van der Waals surface area (Å²) in [5.41, 5.74) is 0.972. The van der Waals surface area contributed by atoms with E-state index < -0.39 is 5.82 Å². The first-order chi connectivity index (χ1) is 10.1.